The standard InChI is InChI=1S/C25H24ClN5O5S2/c1-30(10-2-9-27)23(28)15-3-5-16(6-4-15)24(31-13-19(25(33)34)29-21(32)14-31)38(35,36)22-11-17-7-8-18(26)12-20(17)37-22/h3-8,11-12,19,24,28H,2,10,13-14H2,1H3,(H,29,32)(H,33,34)/t19-,24?/m1/s1. The van der Waals surface area contributed by atoms with Crippen LogP contribution in [0.2, 0.25) is 5.02 Å². The highest BCUT2D eigenvalue weighted by Gasteiger charge is 2.41. The molecule has 0 aliphatic carbocycles. The van der Waals surface area contributed by atoms with Crippen LogP contribution in [-0.4, -0.2) is 73.8 Å². The number of thiophene rings is 1. The number of halogens is 1. The van der Waals surface area contributed by atoms with Crippen LogP contribution in [0.1, 0.15) is 22.9 Å². The third-order valence-corrected chi connectivity index (χ3v) is 10.1. The van der Waals surface area contributed by atoms with Crippen molar-refractivity contribution in [1.29, 1.82) is 10.7 Å². The van der Waals surface area contributed by atoms with Crippen molar-refractivity contribution in [2.24, 2.45) is 0 Å². The summed E-state index contributed by atoms with van der Waals surface area (Å²) in [5, 5.41) is 28.9. The Morgan fingerprint density at radius 2 is 2.03 bits per heavy atom. The second-order valence-corrected chi connectivity index (χ2v) is 12.6. The lowest BCUT2D eigenvalue weighted by Crippen LogP contribution is -2.58. The molecule has 0 spiro atoms. The highest BCUT2D eigenvalue weighted by atomic mass is 35.5. The number of piperazine rings is 1. The Balaban J connectivity index is 1.76. The Kier molecular flexibility index (Phi) is 8.03. The number of sulfone groups is 1. The number of aliphatic carboxylic acids is 1. The lowest BCUT2D eigenvalue weighted by Gasteiger charge is -2.36. The predicted molar refractivity (Wildman–Crippen MR) is 144 cm³/mol. The van der Waals surface area contributed by atoms with E-state index in [4.69, 9.17) is 22.3 Å². The van der Waals surface area contributed by atoms with E-state index in [1.54, 1.807) is 60.5 Å². The summed E-state index contributed by atoms with van der Waals surface area (Å²) in [6.45, 7) is -0.154. The van der Waals surface area contributed by atoms with Crippen molar-refractivity contribution in [3.8, 4) is 6.07 Å². The van der Waals surface area contributed by atoms with Gasteiger partial charge in [0, 0.05) is 35.4 Å². The van der Waals surface area contributed by atoms with E-state index in [1.807, 2.05) is 6.07 Å². The van der Waals surface area contributed by atoms with Crippen LogP contribution in [0.25, 0.3) is 10.1 Å². The molecule has 4 rings (SSSR count). The van der Waals surface area contributed by atoms with Crippen LogP contribution in [-0.2, 0) is 19.4 Å². The van der Waals surface area contributed by atoms with Crippen LogP contribution < -0.4 is 5.32 Å². The number of nitriles is 1. The molecule has 2 aromatic carbocycles. The number of carboxylic acids is 1. The van der Waals surface area contributed by atoms with Gasteiger partial charge in [-0.15, -0.1) is 11.3 Å². The fourth-order valence-electron chi connectivity index (χ4n) is 4.26. The number of nitrogens with one attached hydrogen (secondary N) is 2. The van der Waals surface area contributed by atoms with E-state index >= 15 is 0 Å². The van der Waals surface area contributed by atoms with E-state index < -0.39 is 33.1 Å². The molecule has 198 valence electrons. The molecule has 1 fully saturated rings. The highest BCUT2D eigenvalue weighted by Crippen LogP contribution is 2.39. The molecule has 3 N–H and O–H groups in total. The molecule has 0 saturated carbocycles. The predicted octanol–water partition coefficient (Wildman–Crippen LogP) is 3.08. The molecule has 38 heavy (non-hydrogen) atoms. The Hall–Kier alpha value is -3.50. The maximum Gasteiger partial charge on any atom is 0.327 e. The number of hydrogen-bond donors (Lipinski definition) is 3. The number of carbonyl (C=O) groups excluding carboxylic acids is 1. The molecule has 1 aliphatic heterocycles. The van der Waals surface area contributed by atoms with Crippen LogP contribution in [0.15, 0.2) is 52.7 Å². The third-order valence-electron chi connectivity index (χ3n) is 6.17. The molecule has 2 heterocycles. The molecule has 10 nitrogen and oxygen atoms in total. The van der Waals surface area contributed by atoms with E-state index in [0.29, 0.717) is 32.8 Å². The number of carbonyl (C=O) groups is 2. The molecule has 0 bridgehead atoms. The van der Waals surface area contributed by atoms with Crippen molar-refractivity contribution < 1.29 is 23.1 Å². The number of benzene rings is 2. The van der Waals surface area contributed by atoms with Crippen molar-refractivity contribution in [2.75, 3.05) is 26.7 Å². The van der Waals surface area contributed by atoms with Gasteiger partial charge < -0.3 is 15.3 Å². The zero-order chi connectivity index (χ0) is 27.6. The Morgan fingerprint density at radius 1 is 1.32 bits per heavy atom. The van der Waals surface area contributed by atoms with Crippen LogP contribution in [0.3, 0.4) is 0 Å². The average Bonchev–Trinajstić information content (AvgIpc) is 3.31. The first-order chi connectivity index (χ1) is 18.0. The fraction of sp³-hybridized carbons (Fsp3) is 0.280. The number of rotatable bonds is 8. The maximum absolute atomic E-state index is 14.1. The van der Waals surface area contributed by atoms with Gasteiger partial charge in [-0.2, -0.15) is 5.26 Å². The second kappa shape index (κ2) is 11.1. The number of fused-ring (bicyclic) bond motifs is 1. The van der Waals surface area contributed by atoms with Gasteiger partial charge in [0.05, 0.1) is 19.0 Å². The number of carboxylic acid groups (broad SMARTS) is 1. The second-order valence-electron chi connectivity index (χ2n) is 8.83. The molecule has 1 aromatic heterocycles. The van der Waals surface area contributed by atoms with Gasteiger partial charge in [0.1, 0.15) is 21.5 Å². The highest BCUT2D eigenvalue weighted by molar-refractivity contribution is 7.93. The summed E-state index contributed by atoms with van der Waals surface area (Å²) in [6, 6.07) is 13.7. The Morgan fingerprint density at radius 3 is 2.68 bits per heavy atom. The number of hydrogen-bond acceptors (Lipinski definition) is 8. The molecule has 1 saturated heterocycles. The quantitative estimate of drug-likeness (QED) is 0.274. The van der Waals surface area contributed by atoms with Crippen molar-refractivity contribution in [3.63, 3.8) is 0 Å². The summed E-state index contributed by atoms with van der Waals surface area (Å²) in [4.78, 5) is 27.0. The lowest BCUT2D eigenvalue weighted by molar-refractivity contribution is -0.145. The van der Waals surface area contributed by atoms with Gasteiger partial charge in [-0.1, -0.05) is 41.9 Å². The summed E-state index contributed by atoms with van der Waals surface area (Å²) < 4.78 is 28.9. The van der Waals surface area contributed by atoms with Crippen molar-refractivity contribution in [1.82, 2.24) is 15.1 Å². The van der Waals surface area contributed by atoms with E-state index in [2.05, 4.69) is 5.32 Å². The summed E-state index contributed by atoms with van der Waals surface area (Å²) in [5.74, 6) is -1.69. The van der Waals surface area contributed by atoms with E-state index in [-0.39, 0.29) is 29.6 Å². The molecule has 1 aliphatic rings. The van der Waals surface area contributed by atoms with Gasteiger partial charge in [-0.05, 0) is 29.1 Å². The molecule has 2 atom stereocenters. The topological polar surface area (TPSA) is 155 Å². The molecular weight excluding hydrogens is 550 g/mol. The van der Waals surface area contributed by atoms with Crippen molar-refractivity contribution in [2.45, 2.75) is 22.0 Å². The lowest BCUT2D eigenvalue weighted by atomic mass is 10.1. The number of amides is 1. The van der Waals surface area contributed by atoms with Gasteiger partial charge in [0.15, 0.2) is 0 Å². The summed E-state index contributed by atoms with van der Waals surface area (Å²) in [7, 11) is -2.45. The van der Waals surface area contributed by atoms with E-state index in [9.17, 15) is 23.1 Å². The monoisotopic (exact) mass is 573 g/mol. The average molecular weight is 574 g/mol. The zero-order valence-corrected chi connectivity index (χ0v) is 22.6. The van der Waals surface area contributed by atoms with Crippen molar-refractivity contribution >= 4 is 60.6 Å². The SMILES string of the molecule is CN(CCC#N)C(=N)c1ccc(C(N2CC(=O)N[C@@H](C(=O)O)C2)S(=O)(=O)c2cc3ccc(Cl)cc3s2)cc1. The fourth-order valence-corrected chi connectivity index (χ4v) is 7.92. The van der Waals surface area contributed by atoms with Crippen LogP contribution in [0, 0.1) is 16.7 Å². The van der Waals surface area contributed by atoms with Gasteiger partial charge in [0.25, 0.3) is 0 Å². The maximum atomic E-state index is 14.1. The summed E-state index contributed by atoms with van der Waals surface area (Å²) in [5.41, 5.74) is 0.845. The normalized spacial score (nSPS) is 17.0. The number of nitrogens with zero attached hydrogens (tertiary/aromatic N) is 3. The minimum absolute atomic E-state index is 0.0608. The van der Waals surface area contributed by atoms with Crippen LogP contribution in [0.4, 0.5) is 0 Å². The first-order valence-corrected chi connectivity index (χ1v) is 14.2. The molecule has 1 unspecified atom stereocenters. The van der Waals surface area contributed by atoms with Crippen LogP contribution in [0.5, 0.6) is 0 Å². The first-order valence-electron chi connectivity index (χ1n) is 11.5. The largest absolute Gasteiger partial charge is 0.480 e. The van der Waals surface area contributed by atoms with E-state index in [1.165, 1.54) is 4.90 Å². The minimum Gasteiger partial charge on any atom is -0.480 e. The van der Waals surface area contributed by atoms with Gasteiger partial charge in [0.2, 0.25) is 15.7 Å². The minimum atomic E-state index is -4.13. The van der Waals surface area contributed by atoms with Gasteiger partial charge in [-0.25, -0.2) is 13.2 Å². The Bertz CT molecular complexity index is 1550. The Labute approximate surface area is 228 Å². The number of amidine groups is 1. The van der Waals surface area contributed by atoms with Gasteiger partial charge in [-0.3, -0.25) is 15.1 Å². The molecule has 13 heteroatoms. The molecule has 3 aromatic rings. The zero-order valence-electron chi connectivity index (χ0n) is 20.2. The van der Waals surface area contributed by atoms with E-state index in [0.717, 1.165) is 11.3 Å². The summed E-state index contributed by atoms with van der Waals surface area (Å²) >= 11 is 7.14. The van der Waals surface area contributed by atoms with Crippen molar-refractivity contribution in [3.05, 3.63) is 64.7 Å². The van der Waals surface area contributed by atoms with Gasteiger partial charge >= 0.3 is 5.97 Å². The first kappa shape index (κ1) is 27.5. The summed E-state index contributed by atoms with van der Waals surface area (Å²) in [6.07, 6.45) is 0.249. The third kappa shape index (κ3) is 5.66. The molecular formula is C25H24ClN5O5S2. The molecule has 0 radical (unpaired) electrons. The van der Waals surface area contributed by atoms with Crippen LogP contribution >= 0.6 is 22.9 Å². The molecule has 1 amide bonds. The smallest absolute Gasteiger partial charge is 0.327 e.